The van der Waals surface area contributed by atoms with Crippen LogP contribution < -0.4 is 0 Å². The predicted molar refractivity (Wildman–Crippen MR) is 28.6 cm³/mol. The Hall–Kier alpha value is -0.107. The van der Waals surface area contributed by atoms with Crippen molar-refractivity contribution in [2.24, 2.45) is 0 Å². The first kappa shape index (κ1) is 11.7. The maximum Gasteiger partial charge on any atom is 0.508 e. The zero-order valence-corrected chi connectivity index (χ0v) is 8.81. The summed E-state index contributed by atoms with van der Waals surface area (Å²) in [5.41, 5.74) is 0. The topological polar surface area (TPSA) is 35.5 Å². The van der Waals surface area contributed by atoms with Gasteiger partial charge in [-0.2, -0.15) is 0 Å². The molecule has 0 unspecified atom stereocenters. The van der Waals surface area contributed by atoms with Crippen molar-refractivity contribution in [3.8, 4) is 0 Å². The molecule has 0 N–H and O–H groups in total. The van der Waals surface area contributed by atoms with Gasteiger partial charge in [0.15, 0.2) is 0 Å². The minimum Gasteiger partial charge on any atom is -0.435 e. The molecule has 0 aliphatic rings. The molecular formula is C5H10O3Zn. The van der Waals surface area contributed by atoms with E-state index in [2.05, 4.69) is 9.47 Å². The van der Waals surface area contributed by atoms with E-state index < -0.39 is 6.16 Å². The van der Waals surface area contributed by atoms with Crippen LogP contribution in [0.4, 0.5) is 4.79 Å². The predicted octanol–water partition coefficient (Wildman–Crippen LogP) is 1.18. The van der Waals surface area contributed by atoms with Crippen LogP contribution in [0.2, 0.25) is 0 Å². The van der Waals surface area contributed by atoms with Crippen LogP contribution in [-0.4, -0.2) is 19.4 Å². The molecule has 9 heavy (non-hydrogen) atoms. The molecule has 0 amide bonds. The molecule has 0 aromatic heterocycles. The number of rotatable bonds is 2. The van der Waals surface area contributed by atoms with E-state index in [0.717, 1.165) is 0 Å². The molecule has 0 radical (unpaired) electrons. The molecule has 0 atom stereocenters. The van der Waals surface area contributed by atoms with Gasteiger partial charge < -0.3 is 9.47 Å². The maximum atomic E-state index is 10.2. The molecule has 50 valence electrons. The van der Waals surface area contributed by atoms with Crippen LogP contribution in [-0.2, 0) is 29.0 Å². The zero-order valence-electron chi connectivity index (χ0n) is 5.85. The number of hydrogen-bond donors (Lipinski definition) is 0. The maximum absolute atomic E-state index is 10.2. The van der Waals surface area contributed by atoms with Gasteiger partial charge in [-0.15, -0.1) is 0 Å². The Morgan fingerprint density at radius 2 is 1.56 bits per heavy atom. The van der Waals surface area contributed by atoms with Gasteiger partial charge in [-0.1, -0.05) is 0 Å². The van der Waals surface area contributed by atoms with E-state index in [9.17, 15) is 4.79 Å². The van der Waals surface area contributed by atoms with Crippen LogP contribution in [0.25, 0.3) is 0 Å². The van der Waals surface area contributed by atoms with Crippen molar-refractivity contribution in [3.63, 3.8) is 0 Å². The van der Waals surface area contributed by atoms with E-state index in [1.807, 2.05) is 0 Å². The van der Waals surface area contributed by atoms with Gasteiger partial charge in [0.1, 0.15) is 0 Å². The summed E-state index contributed by atoms with van der Waals surface area (Å²) in [6.45, 7) is 4.21. The average molecular weight is 184 g/mol. The monoisotopic (exact) mass is 182 g/mol. The Bertz CT molecular complexity index is 66.6. The van der Waals surface area contributed by atoms with Crippen LogP contribution in [0.5, 0.6) is 0 Å². The van der Waals surface area contributed by atoms with E-state index in [0.29, 0.717) is 13.2 Å². The number of carbonyl (C=O) groups is 1. The van der Waals surface area contributed by atoms with Gasteiger partial charge in [0, 0.05) is 19.5 Å². The van der Waals surface area contributed by atoms with Crippen molar-refractivity contribution >= 4 is 6.16 Å². The molecule has 0 spiro atoms. The first-order chi connectivity index (χ1) is 3.81. The summed E-state index contributed by atoms with van der Waals surface area (Å²) >= 11 is 0. The third kappa shape index (κ3) is 7.89. The summed E-state index contributed by atoms with van der Waals surface area (Å²) in [6, 6.07) is 0. The fourth-order valence-electron chi connectivity index (χ4n) is 0.277. The van der Waals surface area contributed by atoms with Crippen LogP contribution in [0.3, 0.4) is 0 Å². The van der Waals surface area contributed by atoms with Gasteiger partial charge in [0.25, 0.3) is 0 Å². The molecule has 0 aromatic carbocycles. The van der Waals surface area contributed by atoms with Crippen molar-refractivity contribution in [2.45, 2.75) is 13.8 Å². The summed E-state index contributed by atoms with van der Waals surface area (Å²) in [4.78, 5) is 10.2. The van der Waals surface area contributed by atoms with Crippen molar-refractivity contribution in [1.82, 2.24) is 0 Å². The fourth-order valence-corrected chi connectivity index (χ4v) is 0.277. The van der Waals surface area contributed by atoms with Crippen LogP contribution in [0.15, 0.2) is 0 Å². The summed E-state index contributed by atoms with van der Waals surface area (Å²) in [6.07, 6.45) is -0.588. The number of carbonyl (C=O) groups excluding carboxylic acids is 1. The van der Waals surface area contributed by atoms with E-state index in [1.54, 1.807) is 13.8 Å². The van der Waals surface area contributed by atoms with E-state index in [-0.39, 0.29) is 19.5 Å². The molecule has 0 rings (SSSR count). The van der Waals surface area contributed by atoms with Crippen molar-refractivity contribution in [3.05, 3.63) is 0 Å². The average Bonchev–Trinajstić information content (AvgIpc) is 1.68. The van der Waals surface area contributed by atoms with Crippen molar-refractivity contribution in [1.29, 1.82) is 0 Å². The second-order valence-corrected chi connectivity index (χ2v) is 1.12. The van der Waals surface area contributed by atoms with E-state index in [4.69, 9.17) is 0 Å². The van der Waals surface area contributed by atoms with Crippen LogP contribution in [0, 0.1) is 0 Å². The first-order valence-electron chi connectivity index (χ1n) is 2.60. The van der Waals surface area contributed by atoms with Gasteiger partial charge >= 0.3 is 6.16 Å². The number of ether oxygens (including phenoxy) is 2. The minimum absolute atomic E-state index is 0. The second-order valence-electron chi connectivity index (χ2n) is 1.12. The summed E-state index contributed by atoms with van der Waals surface area (Å²) in [5.74, 6) is 0. The van der Waals surface area contributed by atoms with Gasteiger partial charge in [-0.05, 0) is 13.8 Å². The molecule has 0 bridgehead atoms. The molecular weight excluding hydrogens is 173 g/mol. The molecule has 0 fully saturated rings. The Morgan fingerprint density at radius 3 is 1.78 bits per heavy atom. The first-order valence-corrected chi connectivity index (χ1v) is 2.60. The summed E-state index contributed by atoms with van der Waals surface area (Å²) in [7, 11) is 0. The van der Waals surface area contributed by atoms with Crippen molar-refractivity contribution < 1.29 is 33.7 Å². The van der Waals surface area contributed by atoms with Gasteiger partial charge in [0.2, 0.25) is 0 Å². The standard InChI is InChI=1S/C5H10O3.Zn/c1-3-7-5(6)8-4-2;/h3-4H2,1-2H3;. The molecule has 0 aliphatic carbocycles. The SMILES string of the molecule is CCOC(=O)OCC.[Zn]. The summed E-state index contributed by atoms with van der Waals surface area (Å²) < 4.78 is 8.84. The zero-order chi connectivity index (χ0) is 6.41. The molecule has 0 aromatic rings. The van der Waals surface area contributed by atoms with Gasteiger partial charge in [0.05, 0.1) is 13.2 Å². The molecule has 0 heterocycles. The Balaban J connectivity index is 0. The van der Waals surface area contributed by atoms with Crippen molar-refractivity contribution in [2.75, 3.05) is 13.2 Å². The van der Waals surface area contributed by atoms with Gasteiger partial charge in [-0.25, -0.2) is 4.79 Å². The Morgan fingerprint density at radius 1 is 1.22 bits per heavy atom. The Kier molecular flexibility index (Phi) is 10.2. The summed E-state index contributed by atoms with van der Waals surface area (Å²) in [5, 5.41) is 0. The third-order valence-corrected chi connectivity index (χ3v) is 0.524. The molecule has 0 saturated heterocycles. The second kappa shape index (κ2) is 7.89. The number of hydrogen-bond acceptors (Lipinski definition) is 3. The molecule has 4 heteroatoms. The smallest absolute Gasteiger partial charge is 0.435 e. The fraction of sp³-hybridized carbons (Fsp3) is 0.800. The largest absolute Gasteiger partial charge is 0.508 e. The normalized spacial score (nSPS) is 7.33. The molecule has 3 nitrogen and oxygen atoms in total. The third-order valence-electron chi connectivity index (χ3n) is 0.524. The van der Waals surface area contributed by atoms with E-state index in [1.165, 1.54) is 0 Å². The van der Waals surface area contributed by atoms with E-state index >= 15 is 0 Å². The molecule has 0 aliphatic heterocycles. The van der Waals surface area contributed by atoms with Crippen LogP contribution >= 0.6 is 0 Å². The minimum atomic E-state index is -0.588. The van der Waals surface area contributed by atoms with Gasteiger partial charge in [-0.3, -0.25) is 0 Å². The quantitative estimate of drug-likeness (QED) is 0.476. The Labute approximate surface area is 67.5 Å². The molecule has 0 saturated carbocycles. The van der Waals surface area contributed by atoms with Crippen LogP contribution in [0.1, 0.15) is 13.8 Å².